The highest BCUT2D eigenvalue weighted by molar-refractivity contribution is 5.85. The standard InChI is InChI=1S/C40H55N3O4/c1-25-15-20-40(35(45)47-24-27-23-43(42-41-27)29-11-9-10-12-30(29)46-8)22-21-38(6)28(34(40)26(25)2)13-14-32-37(5)18-17-33(44)36(3,4)31(37)16-19-39(32,38)7/h9-13,23,25-26,31-32,34H,14-22,24H2,1-8H3/t25-,26+,31?,32?,34?,37+,38-,39-,40+/m1/s1. The van der Waals surface area contributed by atoms with E-state index < -0.39 is 5.41 Å². The van der Waals surface area contributed by atoms with Gasteiger partial charge in [0.1, 0.15) is 29.5 Å². The third kappa shape index (κ3) is 4.49. The second-order valence-electron chi connectivity index (χ2n) is 17.4. The van der Waals surface area contributed by atoms with Gasteiger partial charge in [0.15, 0.2) is 0 Å². The Bertz CT molecular complexity index is 1610. The molecule has 0 radical (unpaired) electrons. The summed E-state index contributed by atoms with van der Waals surface area (Å²) in [6, 6.07) is 7.68. The number of allylic oxidation sites excluding steroid dienone is 2. The second-order valence-corrected chi connectivity index (χ2v) is 17.4. The fourth-order valence-corrected chi connectivity index (χ4v) is 12.2. The Kier molecular flexibility index (Phi) is 7.65. The van der Waals surface area contributed by atoms with Gasteiger partial charge in [0.25, 0.3) is 0 Å². The minimum absolute atomic E-state index is 0.0205. The van der Waals surface area contributed by atoms with Crippen LogP contribution in [0.15, 0.2) is 42.1 Å². The topological polar surface area (TPSA) is 83.3 Å². The monoisotopic (exact) mass is 641 g/mol. The minimum atomic E-state index is -0.514. The summed E-state index contributed by atoms with van der Waals surface area (Å²) in [7, 11) is 1.64. The van der Waals surface area contributed by atoms with Crippen molar-refractivity contribution in [1.82, 2.24) is 15.0 Å². The summed E-state index contributed by atoms with van der Waals surface area (Å²) in [4.78, 5) is 27.6. The van der Waals surface area contributed by atoms with E-state index in [0.29, 0.717) is 47.3 Å². The number of benzene rings is 1. The van der Waals surface area contributed by atoms with Crippen LogP contribution in [0, 0.1) is 56.7 Å². The quantitative estimate of drug-likeness (QED) is 0.240. The summed E-state index contributed by atoms with van der Waals surface area (Å²) in [5, 5.41) is 8.66. The van der Waals surface area contributed by atoms with Crippen molar-refractivity contribution in [2.75, 3.05) is 7.11 Å². The van der Waals surface area contributed by atoms with E-state index in [-0.39, 0.29) is 40.2 Å². The van der Waals surface area contributed by atoms with E-state index in [1.807, 2.05) is 30.5 Å². The van der Waals surface area contributed by atoms with Crippen LogP contribution in [0.3, 0.4) is 0 Å². The van der Waals surface area contributed by atoms with Crippen molar-refractivity contribution in [3.8, 4) is 11.4 Å². The van der Waals surface area contributed by atoms with E-state index in [9.17, 15) is 9.59 Å². The number of carbonyl (C=O) groups excluding carboxylic acids is 2. The van der Waals surface area contributed by atoms with Crippen LogP contribution in [0.25, 0.3) is 5.69 Å². The van der Waals surface area contributed by atoms with Gasteiger partial charge >= 0.3 is 5.97 Å². The molecule has 0 bridgehead atoms. The van der Waals surface area contributed by atoms with Gasteiger partial charge in [0.05, 0.1) is 18.7 Å². The van der Waals surface area contributed by atoms with Crippen LogP contribution in [-0.4, -0.2) is 33.9 Å². The molecule has 7 rings (SSSR count). The van der Waals surface area contributed by atoms with Gasteiger partial charge in [-0.05, 0) is 109 Å². The molecule has 5 aliphatic carbocycles. The van der Waals surface area contributed by atoms with Crippen LogP contribution in [0.2, 0.25) is 0 Å². The zero-order chi connectivity index (χ0) is 33.6. The first-order valence-electron chi connectivity index (χ1n) is 18.2. The summed E-state index contributed by atoms with van der Waals surface area (Å²) in [6.45, 7) is 17.0. The van der Waals surface area contributed by atoms with E-state index in [2.05, 4.69) is 64.9 Å². The molecule has 0 spiro atoms. The Labute approximate surface area is 281 Å². The molecular weight excluding hydrogens is 586 g/mol. The first kappa shape index (κ1) is 32.6. The summed E-state index contributed by atoms with van der Waals surface area (Å²) < 4.78 is 13.4. The van der Waals surface area contributed by atoms with Gasteiger partial charge < -0.3 is 9.47 Å². The second kappa shape index (κ2) is 11.0. The average Bonchev–Trinajstić information content (AvgIpc) is 3.53. The Morgan fingerprint density at radius 2 is 1.74 bits per heavy atom. The molecule has 1 aromatic carbocycles. The highest BCUT2D eigenvalue weighted by atomic mass is 16.5. The van der Waals surface area contributed by atoms with Gasteiger partial charge in [0, 0.05) is 11.8 Å². The number of fused-ring (bicyclic) bond motifs is 7. The summed E-state index contributed by atoms with van der Waals surface area (Å²) >= 11 is 0. The highest BCUT2D eigenvalue weighted by Crippen LogP contribution is 2.75. The third-order valence-corrected chi connectivity index (χ3v) is 15.4. The molecule has 0 N–H and O–H groups in total. The molecule has 7 heteroatoms. The number of esters is 1. The molecule has 9 atom stereocenters. The number of carbonyl (C=O) groups is 2. The van der Waals surface area contributed by atoms with Crippen LogP contribution < -0.4 is 4.74 Å². The molecular formula is C40H55N3O4. The van der Waals surface area contributed by atoms with Crippen molar-refractivity contribution in [2.24, 2.45) is 56.7 Å². The summed E-state index contributed by atoms with van der Waals surface area (Å²) in [5.41, 5.74) is 2.49. The fourth-order valence-electron chi connectivity index (χ4n) is 12.2. The average molecular weight is 642 g/mol. The predicted octanol–water partition coefficient (Wildman–Crippen LogP) is 8.55. The van der Waals surface area contributed by atoms with Crippen LogP contribution in [0.5, 0.6) is 5.75 Å². The van der Waals surface area contributed by atoms with Crippen LogP contribution in [0.4, 0.5) is 0 Å². The molecule has 47 heavy (non-hydrogen) atoms. The van der Waals surface area contributed by atoms with Crippen LogP contribution >= 0.6 is 0 Å². The molecule has 4 saturated carbocycles. The number of nitrogens with zero attached hydrogens (tertiary/aromatic N) is 3. The molecule has 0 saturated heterocycles. The highest BCUT2D eigenvalue weighted by Gasteiger charge is 2.69. The molecule has 1 aromatic heterocycles. The predicted molar refractivity (Wildman–Crippen MR) is 182 cm³/mol. The zero-order valence-electron chi connectivity index (χ0n) is 29.9. The fraction of sp³-hybridized carbons (Fsp3) is 0.700. The molecule has 254 valence electrons. The molecule has 2 aromatic rings. The van der Waals surface area contributed by atoms with Crippen molar-refractivity contribution in [3.63, 3.8) is 0 Å². The largest absolute Gasteiger partial charge is 0.494 e. The van der Waals surface area contributed by atoms with E-state index in [4.69, 9.17) is 9.47 Å². The molecule has 0 amide bonds. The number of ether oxygens (including phenoxy) is 2. The van der Waals surface area contributed by atoms with Gasteiger partial charge in [-0.3, -0.25) is 9.59 Å². The van der Waals surface area contributed by atoms with Crippen LogP contribution in [0.1, 0.15) is 112 Å². The SMILES string of the molecule is COc1ccccc1-n1cc(COC(=O)[C@]23CC[C@@H](C)[C@H](C)C2C2=CCC4[C@@]5(C)CCC(=O)C(C)(C)C5CC[C@@]4(C)[C@]2(C)CC3)nn1. The van der Waals surface area contributed by atoms with E-state index >= 15 is 0 Å². The first-order chi connectivity index (χ1) is 22.2. The van der Waals surface area contributed by atoms with Crippen molar-refractivity contribution in [2.45, 2.75) is 113 Å². The molecule has 7 nitrogen and oxygen atoms in total. The van der Waals surface area contributed by atoms with E-state index in [1.165, 1.54) is 5.57 Å². The number of aromatic nitrogens is 3. The summed E-state index contributed by atoms with van der Waals surface area (Å²) in [6.07, 6.45) is 13.2. The van der Waals surface area contributed by atoms with Crippen molar-refractivity contribution >= 4 is 11.8 Å². The number of hydrogen-bond donors (Lipinski definition) is 0. The number of Topliss-reactive ketones (excluding diaryl/α,β-unsaturated/α-hetero) is 1. The number of hydrogen-bond acceptors (Lipinski definition) is 6. The molecule has 4 fully saturated rings. The number of ketones is 1. The maximum atomic E-state index is 14.5. The molecule has 5 aliphatic rings. The lowest BCUT2D eigenvalue weighted by molar-refractivity contribution is -0.193. The Hall–Kier alpha value is -2.96. The van der Waals surface area contributed by atoms with Crippen molar-refractivity contribution in [1.29, 1.82) is 0 Å². The van der Waals surface area contributed by atoms with E-state index in [1.54, 1.807) is 11.8 Å². The van der Waals surface area contributed by atoms with Crippen molar-refractivity contribution < 1.29 is 19.1 Å². The third-order valence-electron chi connectivity index (χ3n) is 15.4. The normalized spacial score (nSPS) is 40.6. The number of para-hydroxylation sites is 2. The van der Waals surface area contributed by atoms with Crippen LogP contribution in [-0.2, 0) is 20.9 Å². The van der Waals surface area contributed by atoms with Gasteiger partial charge in [0.2, 0.25) is 0 Å². The Morgan fingerprint density at radius 1 is 0.979 bits per heavy atom. The lowest BCUT2D eigenvalue weighted by atomic mass is 9.33. The van der Waals surface area contributed by atoms with Crippen molar-refractivity contribution in [3.05, 3.63) is 47.8 Å². The summed E-state index contributed by atoms with van der Waals surface area (Å²) in [5.74, 6) is 3.19. The van der Waals surface area contributed by atoms with Gasteiger partial charge in [-0.2, -0.15) is 0 Å². The number of methoxy groups -OCH3 is 1. The first-order valence-corrected chi connectivity index (χ1v) is 18.2. The van der Waals surface area contributed by atoms with Gasteiger partial charge in [-0.1, -0.05) is 77.5 Å². The lowest BCUT2D eigenvalue weighted by Crippen LogP contribution is -2.65. The molecule has 0 aliphatic heterocycles. The van der Waals surface area contributed by atoms with Gasteiger partial charge in [-0.15, -0.1) is 5.10 Å². The maximum Gasteiger partial charge on any atom is 0.313 e. The Morgan fingerprint density at radius 3 is 2.51 bits per heavy atom. The maximum absolute atomic E-state index is 14.5. The lowest BCUT2D eigenvalue weighted by Gasteiger charge is -2.70. The van der Waals surface area contributed by atoms with E-state index in [0.717, 1.165) is 57.1 Å². The Balaban J connectivity index is 1.18. The zero-order valence-corrected chi connectivity index (χ0v) is 29.9. The smallest absolute Gasteiger partial charge is 0.313 e. The number of rotatable bonds is 5. The molecule has 3 unspecified atom stereocenters. The minimum Gasteiger partial charge on any atom is -0.494 e. The molecule has 1 heterocycles. The van der Waals surface area contributed by atoms with Gasteiger partial charge in [-0.25, -0.2) is 4.68 Å².